The molecule has 0 radical (unpaired) electrons. The monoisotopic (exact) mass is 314 g/mol. The smallest absolute Gasteiger partial charge is 0.233 e. The maximum absolute atomic E-state index is 12.1. The van der Waals surface area contributed by atoms with Crippen LogP contribution in [0.4, 0.5) is 0 Å². The average Bonchev–Trinajstić information content (AvgIpc) is 3.02. The fraction of sp³-hybridized carbons (Fsp3) is 0.188. The number of aromatic nitrogens is 3. The van der Waals surface area contributed by atoms with E-state index in [1.807, 2.05) is 30.3 Å². The molecule has 1 aromatic carbocycles. The molecule has 0 atom stereocenters. The number of nitrogens with zero attached hydrogens (tertiary/aromatic N) is 4. The summed E-state index contributed by atoms with van der Waals surface area (Å²) in [6.45, 7) is 8.34. The van der Waals surface area contributed by atoms with Crippen LogP contribution in [0, 0.1) is 0 Å². The van der Waals surface area contributed by atoms with Gasteiger partial charge in [0, 0.05) is 13.1 Å². The van der Waals surface area contributed by atoms with E-state index in [1.54, 1.807) is 28.1 Å². The Hall–Kier alpha value is -2.34. The van der Waals surface area contributed by atoms with E-state index < -0.39 is 0 Å². The molecule has 2 aromatic rings. The van der Waals surface area contributed by atoms with Crippen molar-refractivity contribution in [1.29, 1.82) is 0 Å². The molecule has 0 aliphatic heterocycles. The lowest BCUT2D eigenvalue weighted by molar-refractivity contribution is -0.127. The van der Waals surface area contributed by atoms with Gasteiger partial charge >= 0.3 is 0 Å². The van der Waals surface area contributed by atoms with Crippen molar-refractivity contribution in [2.24, 2.45) is 0 Å². The quantitative estimate of drug-likeness (QED) is 0.555. The van der Waals surface area contributed by atoms with Crippen LogP contribution < -0.4 is 0 Å². The number of benzene rings is 1. The highest BCUT2D eigenvalue weighted by molar-refractivity contribution is 7.99. The third-order valence-electron chi connectivity index (χ3n) is 2.87. The van der Waals surface area contributed by atoms with Gasteiger partial charge in [-0.3, -0.25) is 4.79 Å². The molecule has 0 fully saturated rings. The predicted octanol–water partition coefficient (Wildman–Crippen LogP) is 2.56. The largest absolute Gasteiger partial charge is 0.335 e. The molecule has 0 unspecified atom stereocenters. The second kappa shape index (κ2) is 8.19. The molecule has 0 saturated carbocycles. The van der Waals surface area contributed by atoms with Crippen LogP contribution in [-0.4, -0.2) is 44.4 Å². The van der Waals surface area contributed by atoms with Gasteiger partial charge in [-0.1, -0.05) is 42.1 Å². The molecule has 0 spiro atoms. The minimum Gasteiger partial charge on any atom is -0.335 e. The molecular formula is C16H18N4OS. The topological polar surface area (TPSA) is 51.0 Å². The molecule has 114 valence electrons. The van der Waals surface area contributed by atoms with E-state index in [-0.39, 0.29) is 5.91 Å². The van der Waals surface area contributed by atoms with Gasteiger partial charge in [-0.05, 0) is 12.1 Å². The summed E-state index contributed by atoms with van der Waals surface area (Å²) in [7, 11) is 0. The van der Waals surface area contributed by atoms with Crippen LogP contribution in [0.15, 0.2) is 67.1 Å². The van der Waals surface area contributed by atoms with Gasteiger partial charge in [0.05, 0.1) is 11.4 Å². The number of thioether (sulfide) groups is 1. The molecule has 0 N–H and O–H groups in total. The van der Waals surface area contributed by atoms with E-state index >= 15 is 0 Å². The Balaban J connectivity index is 1.94. The SMILES string of the molecule is C=CCN(CC=C)C(=O)CSc1ncn(-c2ccccc2)n1. The number of hydrogen-bond acceptors (Lipinski definition) is 4. The number of rotatable bonds is 8. The Labute approximate surface area is 134 Å². The van der Waals surface area contributed by atoms with Gasteiger partial charge in [0.1, 0.15) is 6.33 Å². The van der Waals surface area contributed by atoms with Crippen LogP contribution in [0.5, 0.6) is 0 Å². The lowest BCUT2D eigenvalue weighted by Crippen LogP contribution is -2.32. The minimum absolute atomic E-state index is 0.0147. The van der Waals surface area contributed by atoms with Gasteiger partial charge in [0.15, 0.2) is 0 Å². The molecule has 22 heavy (non-hydrogen) atoms. The summed E-state index contributed by atoms with van der Waals surface area (Å²) in [4.78, 5) is 18.0. The molecular weight excluding hydrogens is 296 g/mol. The number of amides is 1. The van der Waals surface area contributed by atoms with Gasteiger partial charge in [-0.25, -0.2) is 9.67 Å². The second-order valence-electron chi connectivity index (χ2n) is 4.47. The zero-order valence-corrected chi connectivity index (χ0v) is 13.1. The zero-order valence-electron chi connectivity index (χ0n) is 12.3. The molecule has 0 saturated heterocycles. The average molecular weight is 314 g/mol. The highest BCUT2D eigenvalue weighted by Gasteiger charge is 2.12. The van der Waals surface area contributed by atoms with E-state index in [0.29, 0.717) is 24.0 Å². The zero-order chi connectivity index (χ0) is 15.8. The van der Waals surface area contributed by atoms with Crippen LogP contribution in [0.2, 0.25) is 0 Å². The lowest BCUT2D eigenvalue weighted by Gasteiger charge is -2.18. The Bertz CT molecular complexity index is 629. The maximum atomic E-state index is 12.1. The lowest BCUT2D eigenvalue weighted by atomic mass is 10.3. The van der Waals surface area contributed by atoms with E-state index in [1.165, 1.54) is 11.8 Å². The fourth-order valence-corrected chi connectivity index (χ4v) is 2.53. The first-order valence-electron chi connectivity index (χ1n) is 6.84. The van der Waals surface area contributed by atoms with Crippen LogP contribution in [0.3, 0.4) is 0 Å². The van der Waals surface area contributed by atoms with E-state index in [4.69, 9.17) is 0 Å². The van der Waals surface area contributed by atoms with Crippen molar-refractivity contribution in [3.63, 3.8) is 0 Å². The van der Waals surface area contributed by atoms with Crippen LogP contribution in [-0.2, 0) is 4.79 Å². The highest BCUT2D eigenvalue weighted by atomic mass is 32.2. The van der Waals surface area contributed by atoms with Crippen molar-refractivity contribution < 1.29 is 4.79 Å². The van der Waals surface area contributed by atoms with Crippen molar-refractivity contribution >= 4 is 17.7 Å². The summed E-state index contributed by atoms with van der Waals surface area (Å²) in [6, 6.07) is 9.72. The van der Waals surface area contributed by atoms with Crippen molar-refractivity contribution in [3.05, 3.63) is 62.0 Å². The Morgan fingerprint density at radius 1 is 1.23 bits per heavy atom. The molecule has 0 aliphatic rings. The molecule has 0 bridgehead atoms. The maximum Gasteiger partial charge on any atom is 0.233 e. The van der Waals surface area contributed by atoms with E-state index in [0.717, 1.165) is 5.69 Å². The third kappa shape index (κ3) is 4.33. The Morgan fingerprint density at radius 2 is 1.91 bits per heavy atom. The predicted molar refractivity (Wildman–Crippen MR) is 89.1 cm³/mol. The molecule has 2 rings (SSSR count). The van der Waals surface area contributed by atoms with Crippen molar-refractivity contribution in [1.82, 2.24) is 19.7 Å². The normalized spacial score (nSPS) is 10.2. The Morgan fingerprint density at radius 3 is 2.55 bits per heavy atom. The number of carbonyl (C=O) groups excluding carboxylic acids is 1. The number of para-hydroxylation sites is 1. The standard InChI is InChI=1S/C16H18N4OS/c1-3-10-19(11-4-2)15(21)12-22-16-17-13-20(18-16)14-8-6-5-7-9-14/h3-9,13H,1-2,10-12H2. The minimum atomic E-state index is 0.0147. The third-order valence-corrected chi connectivity index (χ3v) is 3.70. The summed E-state index contributed by atoms with van der Waals surface area (Å²) < 4.78 is 1.69. The van der Waals surface area contributed by atoms with E-state index in [9.17, 15) is 4.79 Å². The summed E-state index contributed by atoms with van der Waals surface area (Å²) >= 11 is 1.32. The summed E-state index contributed by atoms with van der Waals surface area (Å²) in [5, 5.41) is 4.94. The summed E-state index contributed by atoms with van der Waals surface area (Å²) in [6.07, 6.45) is 5.05. The fourth-order valence-electron chi connectivity index (χ4n) is 1.83. The van der Waals surface area contributed by atoms with Gasteiger partial charge in [0.25, 0.3) is 0 Å². The highest BCUT2D eigenvalue weighted by Crippen LogP contribution is 2.14. The summed E-state index contributed by atoms with van der Waals surface area (Å²) in [5.41, 5.74) is 0.938. The number of carbonyl (C=O) groups is 1. The van der Waals surface area contributed by atoms with E-state index in [2.05, 4.69) is 23.2 Å². The number of hydrogen-bond donors (Lipinski definition) is 0. The Kier molecular flexibility index (Phi) is 5.97. The molecule has 5 nitrogen and oxygen atoms in total. The first-order valence-corrected chi connectivity index (χ1v) is 7.82. The van der Waals surface area contributed by atoms with Gasteiger partial charge in [-0.15, -0.1) is 18.3 Å². The first kappa shape index (κ1) is 16.0. The molecule has 1 aromatic heterocycles. The van der Waals surface area contributed by atoms with Crippen molar-refractivity contribution in [2.75, 3.05) is 18.8 Å². The van der Waals surface area contributed by atoms with Gasteiger partial charge in [-0.2, -0.15) is 0 Å². The van der Waals surface area contributed by atoms with Crippen LogP contribution in [0.1, 0.15) is 0 Å². The summed E-state index contributed by atoms with van der Waals surface area (Å²) in [5.74, 6) is 0.307. The van der Waals surface area contributed by atoms with Crippen LogP contribution in [0.25, 0.3) is 5.69 Å². The van der Waals surface area contributed by atoms with Gasteiger partial charge in [0.2, 0.25) is 11.1 Å². The second-order valence-corrected chi connectivity index (χ2v) is 5.41. The van der Waals surface area contributed by atoms with Crippen molar-refractivity contribution in [3.8, 4) is 5.69 Å². The first-order chi connectivity index (χ1) is 10.7. The van der Waals surface area contributed by atoms with Gasteiger partial charge < -0.3 is 4.90 Å². The molecule has 1 heterocycles. The molecule has 6 heteroatoms. The molecule has 1 amide bonds. The van der Waals surface area contributed by atoms with Crippen LogP contribution >= 0.6 is 11.8 Å². The molecule has 0 aliphatic carbocycles. The van der Waals surface area contributed by atoms with Crippen molar-refractivity contribution in [2.45, 2.75) is 5.16 Å².